The zero-order valence-electron chi connectivity index (χ0n) is 14.8. The minimum Gasteiger partial charge on any atom is -0.341 e. The molecule has 7 heteroatoms. The molecule has 1 atom stereocenters. The molecule has 1 fully saturated rings. The first kappa shape index (κ1) is 16.3. The molecule has 0 spiro atoms. The lowest BCUT2D eigenvalue weighted by Gasteiger charge is -2.31. The maximum Gasteiger partial charge on any atom is 0.282 e. The average molecular weight is 343 g/mol. The second-order valence-electron chi connectivity index (χ2n) is 7.43. The molecule has 2 aromatic heterocycles. The lowest BCUT2D eigenvalue weighted by molar-refractivity contribution is -0.133. The molecule has 0 N–H and O–H groups in total. The van der Waals surface area contributed by atoms with E-state index in [1.165, 1.54) is 17.3 Å². The first-order valence-corrected chi connectivity index (χ1v) is 9.36. The van der Waals surface area contributed by atoms with Gasteiger partial charge in [0.05, 0.1) is 0 Å². The largest absolute Gasteiger partial charge is 0.341 e. The van der Waals surface area contributed by atoms with Gasteiger partial charge in [0.15, 0.2) is 11.2 Å². The fourth-order valence-corrected chi connectivity index (χ4v) is 4.01. The predicted molar refractivity (Wildman–Crippen MR) is 94.3 cm³/mol. The zero-order chi connectivity index (χ0) is 17.4. The van der Waals surface area contributed by atoms with E-state index < -0.39 is 0 Å². The van der Waals surface area contributed by atoms with Crippen molar-refractivity contribution >= 4 is 17.1 Å². The van der Waals surface area contributed by atoms with Crippen LogP contribution < -0.4 is 5.56 Å². The summed E-state index contributed by atoms with van der Waals surface area (Å²) in [5.74, 6) is 1.47. The van der Waals surface area contributed by atoms with E-state index >= 15 is 0 Å². The Kier molecular flexibility index (Phi) is 4.31. The minimum atomic E-state index is -0.205. The zero-order valence-corrected chi connectivity index (χ0v) is 14.8. The molecule has 4 heterocycles. The fourth-order valence-electron chi connectivity index (χ4n) is 4.01. The van der Waals surface area contributed by atoms with Gasteiger partial charge in [-0.1, -0.05) is 13.3 Å². The van der Waals surface area contributed by atoms with Crippen LogP contribution in [0.4, 0.5) is 0 Å². The Morgan fingerprint density at radius 3 is 2.96 bits per heavy atom. The van der Waals surface area contributed by atoms with Gasteiger partial charge in [0.25, 0.3) is 5.56 Å². The lowest BCUT2D eigenvalue weighted by atomic mass is 10.0. The van der Waals surface area contributed by atoms with Crippen LogP contribution in [0.25, 0.3) is 11.2 Å². The molecule has 0 aromatic carbocycles. The summed E-state index contributed by atoms with van der Waals surface area (Å²) in [5.41, 5.74) is 0.861. The summed E-state index contributed by atoms with van der Waals surface area (Å²) >= 11 is 0. The second-order valence-corrected chi connectivity index (χ2v) is 7.43. The summed E-state index contributed by atoms with van der Waals surface area (Å²) in [6.07, 6.45) is 7.98. The van der Waals surface area contributed by atoms with Gasteiger partial charge in [-0.3, -0.25) is 14.2 Å². The molecule has 0 bridgehead atoms. The summed E-state index contributed by atoms with van der Waals surface area (Å²) in [4.78, 5) is 36.2. The number of piperidine rings is 1. The number of hydrogen-bond donors (Lipinski definition) is 0. The molecule has 0 saturated carbocycles. The van der Waals surface area contributed by atoms with E-state index in [0.717, 1.165) is 57.6 Å². The Morgan fingerprint density at radius 2 is 2.12 bits per heavy atom. The molecule has 1 saturated heterocycles. The van der Waals surface area contributed by atoms with Crippen LogP contribution in [0.15, 0.2) is 11.1 Å². The number of aromatic nitrogens is 4. The van der Waals surface area contributed by atoms with Gasteiger partial charge in [0.1, 0.15) is 18.7 Å². The van der Waals surface area contributed by atoms with Crippen molar-refractivity contribution in [3.63, 3.8) is 0 Å². The molecule has 1 amide bonds. The summed E-state index contributed by atoms with van der Waals surface area (Å²) in [6, 6.07) is 0. The van der Waals surface area contributed by atoms with Crippen LogP contribution in [0, 0.1) is 5.92 Å². The number of fused-ring (bicyclic) bond motifs is 3. The van der Waals surface area contributed by atoms with E-state index in [0.29, 0.717) is 17.1 Å². The molecule has 2 aromatic rings. The molecule has 134 valence electrons. The smallest absolute Gasteiger partial charge is 0.282 e. The van der Waals surface area contributed by atoms with Crippen LogP contribution in [-0.4, -0.2) is 43.0 Å². The summed E-state index contributed by atoms with van der Waals surface area (Å²) < 4.78 is 3.49. The van der Waals surface area contributed by atoms with Crippen LogP contribution >= 0.6 is 0 Å². The third-order valence-electron chi connectivity index (χ3n) is 5.40. The number of carbonyl (C=O) groups excluding carboxylic acids is 1. The number of hydrogen-bond acceptors (Lipinski definition) is 4. The van der Waals surface area contributed by atoms with E-state index in [4.69, 9.17) is 0 Å². The Hall–Kier alpha value is -2.18. The quantitative estimate of drug-likeness (QED) is 0.830. The van der Waals surface area contributed by atoms with Crippen LogP contribution in [-0.2, 0) is 24.3 Å². The number of aryl methyl sites for hydroxylation is 2. The van der Waals surface area contributed by atoms with Gasteiger partial charge in [-0.15, -0.1) is 0 Å². The highest BCUT2D eigenvalue weighted by atomic mass is 16.2. The normalized spacial score (nSPS) is 21.2. The van der Waals surface area contributed by atoms with E-state index in [9.17, 15) is 9.59 Å². The molecule has 7 nitrogen and oxygen atoms in total. The molecule has 2 aliphatic heterocycles. The van der Waals surface area contributed by atoms with Gasteiger partial charge in [-0.2, -0.15) is 0 Å². The van der Waals surface area contributed by atoms with Crippen molar-refractivity contribution in [2.75, 3.05) is 13.1 Å². The number of amides is 1. The lowest BCUT2D eigenvalue weighted by Crippen LogP contribution is -2.42. The molecular weight excluding hydrogens is 318 g/mol. The molecule has 0 aliphatic carbocycles. The van der Waals surface area contributed by atoms with Crippen molar-refractivity contribution in [3.05, 3.63) is 22.5 Å². The van der Waals surface area contributed by atoms with Gasteiger partial charge in [-0.05, 0) is 31.6 Å². The highest BCUT2D eigenvalue weighted by Crippen LogP contribution is 2.19. The van der Waals surface area contributed by atoms with Gasteiger partial charge >= 0.3 is 0 Å². The van der Waals surface area contributed by atoms with E-state index in [1.54, 1.807) is 0 Å². The molecule has 1 unspecified atom stereocenters. The summed E-state index contributed by atoms with van der Waals surface area (Å²) in [5, 5.41) is 0. The number of rotatable bonds is 2. The van der Waals surface area contributed by atoms with Crippen molar-refractivity contribution in [3.8, 4) is 0 Å². The average Bonchev–Trinajstić information content (AvgIpc) is 2.80. The van der Waals surface area contributed by atoms with Crippen LogP contribution in [0.1, 0.15) is 44.9 Å². The van der Waals surface area contributed by atoms with Crippen LogP contribution in [0.5, 0.6) is 0 Å². The first-order valence-electron chi connectivity index (χ1n) is 9.36. The predicted octanol–water partition coefficient (Wildman–Crippen LogP) is 1.58. The van der Waals surface area contributed by atoms with E-state index in [-0.39, 0.29) is 18.0 Å². The van der Waals surface area contributed by atoms with Crippen molar-refractivity contribution in [2.24, 2.45) is 5.92 Å². The third-order valence-corrected chi connectivity index (χ3v) is 5.40. The SMILES string of the molecule is CC1CCCN(C(=O)Cn2cnc3c(nc4n3CCCCC4)c2=O)C1. The molecule has 0 radical (unpaired) electrons. The van der Waals surface area contributed by atoms with Crippen LogP contribution in [0.3, 0.4) is 0 Å². The standard InChI is InChI=1S/C18H25N5O2/c1-13-6-5-8-21(10-13)15(24)11-22-12-19-17-16(18(22)25)20-14-7-3-2-4-9-23(14)17/h12-13H,2-11H2,1H3. The molecule has 4 rings (SSSR count). The Bertz CT molecular complexity index is 853. The molecule has 25 heavy (non-hydrogen) atoms. The van der Waals surface area contributed by atoms with Crippen molar-refractivity contribution in [1.29, 1.82) is 0 Å². The van der Waals surface area contributed by atoms with Crippen molar-refractivity contribution < 1.29 is 4.79 Å². The highest BCUT2D eigenvalue weighted by molar-refractivity contribution is 5.77. The van der Waals surface area contributed by atoms with Gasteiger partial charge in [0, 0.05) is 26.1 Å². The van der Waals surface area contributed by atoms with E-state index in [1.807, 2.05) is 4.90 Å². The fraction of sp³-hybridized carbons (Fsp3) is 0.667. The number of carbonyl (C=O) groups is 1. The summed E-state index contributed by atoms with van der Waals surface area (Å²) in [6.45, 7) is 4.65. The second kappa shape index (κ2) is 6.61. The highest BCUT2D eigenvalue weighted by Gasteiger charge is 2.23. The van der Waals surface area contributed by atoms with Crippen molar-refractivity contribution in [2.45, 2.75) is 58.5 Å². The number of likely N-dealkylation sites (tertiary alicyclic amines) is 1. The van der Waals surface area contributed by atoms with Crippen molar-refractivity contribution in [1.82, 2.24) is 24.0 Å². The Balaban J connectivity index is 1.61. The molecular formula is C18H25N5O2. The topological polar surface area (TPSA) is 73.0 Å². The first-order chi connectivity index (χ1) is 12.1. The Labute approximate surface area is 146 Å². The minimum absolute atomic E-state index is 0.00410. The maximum absolute atomic E-state index is 12.8. The maximum atomic E-state index is 12.8. The monoisotopic (exact) mass is 343 g/mol. The Morgan fingerprint density at radius 1 is 1.24 bits per heavy atom. The third kappa shape index (κ3) is 3.07. The van der Waals surface area contributed by atoms with Gasteiger partial charge in [0.2, 0.25) is 5.91 Å². The number of imidazole rings is 1. The molecule has 2 aliphatic rings. The van der Waals surface area contributed by atoms with Gasteiger partial charge < -0.3 is 9.47 Å². The summed E-state index contributed by atoms with van der Waals surface area (Å²) in [7, 11) is 0. The number of nitrogens with zero attached hydrogens (tertiary/aromatic N) is 5. The van der Waals surface area contributed by atoms with Crippen LogP contribution in [0.2, 0.25) is 0 Å². The van der Waals surface area contributed by atoms with E-state index in [2.05, 4.69) is 21.5 Å². The van der Waals surface area contributed by atoms with Gasteiger partial charge in [-0.25, -0.2) is 9.97 Å².